The molecule has 0 unspecified atom stereocenters. The molecule has 6 heteroatoms. The number of carbonyl (C=O) groups is 1. The van der Waals surface area contributed by atoms with Crippen LogP contribution in [-0.4, -0.2) is 23.9 Å². The fraction of sp³-hybridized carbons (Fsp3) is 0.286. The van der Waals surface area contributed by atoms with Gasteiger partial charge in [-0.05, 0) is 37.1 Å². The number of ketones is 1. The second-order valence-electron chi connectivity index (χ2n) is 4.71. The van der Waals surface area contributed by atoms with Crippen molar-refractivity contribution in [2.45, 2.75) is 18.9 Å². The minimum Gasteiger partial charge on any atom is -0.497 e. The zero-order valence-electron chi connectivity index (χ0n) is 11.1. The molecule has 1 aliphatic carbocycles. The summed E-state index contributed by atoms with van der Waals surface area (Å²) in [6, 6.07) is 7.47. The van der Waals surface area contributed by atoms with Gasteiger partial charge in [0.2, 0.25) is 5.78 Å². The van der Waals surface area contributed by atoms with Gasteiger partial charge in [0.05, 0.1) is 7.11 Å². The molecule has 1 heterocycles. The maximum Gasteiger partial charge on any atom is 0.206 e. The average Bonchev–Trinajstić information content (AvgIpc) is 3.20. The number of hydrogen-bond acceptors (Lipinski definition) is 6. The van der Waals surface area contributed by atoms with Gasteiger partial charge in [-0.1, -0.05) is 11.3 Å². The average molecular weight is 289 g/mol. The highest BCUT2D eigenvalue weighted by atomic mass is 32.1. The largest absolute Gasteiger partial charge is 0.497 e. The van der Waals surface area contributed by atoms with Crippen molar-refractivity contribution in [2.75, 3.05) is 18.2 Å². The number of methoxy groups -OCH3 is 1. The molecular formula is C14H15N3O2S. The molecule has 0 aliphatic heterocycles. The zero-order chi connectivity index (χ0) is 14.1. The van der Waals surface area contributed by atoms with Crippen LogP contribution in [-0.2, 0) is 0 Å². The molecule has 0 radical (unpaired) electrons. The Morgan fingerprint density at radius 1 is 1.40 bits per heavy atom. The van der Waals surface area contributed by atoms with Gasteiger partial charge >= 0.3 is 0 Å². The van der Waals surface area contributed by atoms with Crippen molar-refractivity contribution in [3.63, 3.8) is 0 Å². The van der Waals surface area contributed by atoms with Crippen LogP contribution >= 0.6 is 11.3 Å². The first kappa shape index (κ1) is 12.9. The maximum atomic E-state index is 12.4. The fourth-order valence-electron chi connectivity index (χ4n) is 1.83. The van der Waals surface area contributed by atoms with Gasteiger partial charge in [-0.15, -0.1) is 0 Å². The van der Waals surface area contributed by atoms with Crippen LogP contribution in [0.5, 0.6) is 5.75 Å². The predicted molar refractivity (Wildman–Crippen MR) is 79.6 cm³/mol. The fourth-order valence-corrected chi connectivity index (χ4v) is 2.76. The summed E-state index contributed by atoms with van der Waals surface area (Å²) in [4.78, 5) is 17.1. The number of aromatic nitrogens is 1. The third-order valence-electron chi connectivity index (χ3n) is 3.12. The van der Waals surface area contributed by atoms with E-state index in [9.17, 15) is 4.79 Å². The Labute approximate surface area is 120 Å². The lowest BCUT2D eigenvalue weighted by molar-refractivity contribution is 0.104. The number of rotatable bonds is 5. The van der Waals surface area contributed by atoms with Crippen LogP contribution < -0.4 is 15.8 Å². The van der Waals surface area contributed by atoms with Gasteiger partial charge in [0.1, 0.15) is 16.4 Å². The number of carbonyl (C=O) groups excluding carboxylic acids is 1. The van der Waals surface area contributed by atoms with Crippen LogP contribution in [0.2, 0.25) is 0 Å². The molecule has 104 valence electrons. The highest BCUT2D eigenvalue weighted by Gasteiger charge is 2.24. The summed E-state index contributed by atoms with van der Waals surface area (Å²) in [5.74, 6) is 0.903. The minimum atomic E-state index is -0.105. The van der Waals surface area contributed by atoms with E-state index >= 15 is 0 Å². The van der Waals surface area contributed by atoms with Crippen molar-refractivity contribution < 1.29 is 9.53 Å². The molecule has 1 fully saturated rings. The molecular weight excluding hydrogens is 274 g/mol. The van der Waals surface area contributed by atoms with Crippen LogP contribution in [0.3, 0.4) is 0 Å². The van der Waals surface area contributed by atoms with E-state index in [1.54, 1.807) is 31.4 Å². The lowest BCUT2D eigenvalue weighted by Gasteiger charge is -2.01. The number of thiazole rings is 1. The summed E-state index contributed by atoms with van der Waals surface area (Å²) >= 11 is 1.31. The highest BCUT2D eigenvalue weighted by Crippen LogP contribution is 2.31. The van der Waals surface area contributed by atoms with Crippen LogP contribution in [0.15, 0.2) is 24.3 Å². The summed E-state index contributed by atoms with van der Waals surface area (Å²) in [6.45, 7) is 0. The van der Waals surface area contributed by atoms with E-state index in [-0.39, 0.29) is 5.78 Å². The van der Waals surface area contributed by atoms with E-state index in [0.717, 1.165) is 23.7 Å². The Morgan fingerprint density at radius 2 is 2.10 bits per heavy atom. The van der Waals surface area contributed by atoms with Gasteiger partial charge in [0.15, 0.2) is 5.13 Å². The third kappa shape index (κ3) is 2.60. The van der Waals surface area contributed by atoms with Gasteiger partial charge in [0.25, 0.3) is 0 Å². The lowest BCUT2D eigenvalue weighted by Crippen LogP contribution is -2.02. The monoisotopic (exact) mass is 289 g/mol. The van der Waals surface area contributed by atoms with Crippen molar-refractivity contribution in [2.24, 2.45) is 0 Å². The molecule has 0 spiro atoms. The molecule has 0 amide bonds. The van der Waals surface area contributed by atoms with Gasteiger partial charge in [-0.3, -0.25) is 4.79 Å². The molecule has 1 aromatic carbocycles. The SMILES string of the molecule is COc1ccc(C(=O)c2sc(NC3CC3)nc2N)cc1. The molecule has 1 aromatic heterocycles. The molecule has 3 N–H and O–H groups in total. The molecule has 20 heavy (non-hydrogen) atoms. The smallest absolute Gasteiger partial charge is 0.206 e. The Hall–Kier alpha value is -2.08. The van der Waals surface area contributed by atoms with E-state index in [1.165, 1.54) is 11.3 Å². The molecule has 0 atom stereocenters. The lowest BCUT2D eigenvalue weighted by atomic mass is 10.1. The Kier molecular flexibility index (Phi) is 3.31. The first-order chi connectivity index (χ1) is 9.67. The van der Waals surface area contributed by atoms with Gasteiger partial charge in [-0.2, -0.15) is 0 Å². The minimum absolute atomic E-state index is 0.105. The number of benzene rings is 1. The number of nitrogens with zero attached hydrogens (tertiary/aromatic N) is 1. The number of hydrogen-bond donors (Lipinski definition) is 2. The zero-order valence-corrected chi connectivity index (χ0v) is 11.9. The molecule has 0 bridgehead atoms. The number of ether oxygens (including phenoxy) is 1. The van der Waals surface area contributed by atoms with Crippen molar-refractivity contribution >= 4 is 28.1 Å². The standard InChI is InChI=1S/C14H15N3O2S/c1-19-10-6-2-8(3-7-10)11(18)12-13(15)17-14(20-12)16-9-4-5-9/h2-3,6-7,9H,4-5,15H2,1H3,(H,16,17). The molecule has 5 nitrogen and oxygen atoms in total. The summed E-state index contributed by atoms with van der Waals surface area (Å²) in [6.07, 6.45) is 2.31. The third-order valence-corrected chi connectivity index (χ3v) is 4.12. The number of nitrogen functional groups attached to an aromatic ring is 1. The number of nitrogens with one attached hydrogen (secondary N) is 1. The van der Waals surface area contributed by atoms with Gasteiger partial charge < -0.3 is 15.8 Å². The van der Waals surface area contributed by atoms with E-state index in [2.05, 4.69) is 10.3 Å². The normalized spacial score (nSPS) is 14.1. The molecule has 1 aliphatic rings. The molecule has 1 saturated carbocycles. The number of nitrogens with two attached hydrogens (primary N) is 1. The van der Waals surface area contributed by atoms with Crippen LogP contribution in [0.25, 0.3) is 0 Å². The quantitative estimate of drug-likeness (QED) is 0.827. The van der Waals surface area contributed by atoms with E-state index in [1.807, 2.05) is 0 Å². The topological polar surface area (TPSA) is 77.2 Å². The molecule has 2 aromatic rings. The van der Waals surface area contributed by atoms with Crippen molar-refractivity contribution in [1.82, 2.24) is 4.98 Å². The number of anilines is 2. The van der Waals surface area contributed by atoms with Crippen molar-refractivity contribution in [3.8, 4) is 5.75 Å². The van der Waals surface area contributed by atoms with Crippen LogP contribution in [0.1, 0.15) is 28.1 Å². The van der Waals surface area contributed by atoms with Crippen molar-refractivity contribution in [1.29, 1.82) is 0 Å². The van der Waals surface area contributed by atoms with Gasteiger partial charge in [0, 0.05) is 11.6 Å². The van der Waals surface area contributed by atoms with E-state index in [0.29, 0.717) is 22.3 Å². The summed E-state index contributed by atoms with van der Waals surface area (Å²) in [5.41, 5.74) is 6.43. The molecule has 0 saturated heterocycles. The van der Waals surface area contributed by atoms with Crippen molar-refractivity contribution in [3.05, 3.63) is 34.7 Å². The Bertz CT molecular complexity index is 632. The second-order valence-corrected chi connectivity index (χ2v) is 5.71. The summed E-state index contributed by atoms with van der Waals surface area (Å²) in [5, 5.41) is 3.98. The maximum absolute atomic E-state index is 12.4. The summed E-state index contributed by atoms with van der Waals surface area (Å²) in [7, 11) is 1.59. The Balaban J connectivity index is 1.82. The Morgan fingerprint density at radius 3 is 2.70 bits per heavy atom. The summed E-state index contributed by atoms with van der Waals surface area (Å²) < 4.78 is 5.08. The van der Waals surface area contributed by atoms with E-state index in [4.69, 9.17) is 10.5 Å². The first-order valence-corrected chi connectivity index (χ1v) is 7.20. The highest BCUT2D eigenvalue weighted by molar-refractivity contribution is 7.18. The predicted octanol–water partition coefficient (Wildman–Crippen LogP) is 2.54. The van der Waals surface area contributed by atoms with Gasteiger partial charge in [-0.25, -0.2) is 4.98 Å². The van der Waals surface area contributed by atoms with Crippen LogP contribution in [0, 0.1) is 0 Å². The first-order valence-electron chi connectivity index (χ1n) is 6.39. The molecule has 3 rings (SSSR count). The van der Waals surface area contributed by atoms with E-state index < -0.39 is 0 Å². The second kappa shape index (κ2) is 5.13. The van der Waals surface area contributed by atoms with Crippen LogP contribution in [0.4, 0.5) is 10.9 Å².